The first-order valence-electron chi connectivity index (χ1n) is 8.33. The van der Waals surface area contributed by atoms with Crippen LogP contribution in [-0.4, -0.2) is 36.8 Å². The molecule has 2 aromatic carbocycles. The first-order chi connectivity index (χ1) is 13.2. The summed E-state index contributed by atoms with van der Waals surface area (Å²) < 4.78 is 15.7. The van der Waals surface area contributed by atoms with Gasteiger partial charge in [0.15, 0.2) is 11.5 Å². The Morgan fingerprint density at radius 2 is 2.04 bits per heavy atom. The minimum absolute atomic E-state index is 0.410. The van der Waals surface area contributed by atoms with Gasteiger partial charge in [-0.15, -0.1) is 0 Å². The fourth-order valence-electron chi connectivity index (χ4n) is 2.64. The van der Waals surface area contributed by atoms with Crippen molar-refractivity contribution in [3.63, 3.8) is 0 Å². The number of methoxy groups -OCH3 is 2. The van der Waals surface area contributed by atoms with Crippen molar-refractivity contribution in [2.45, 2.75) is 0 Å². The lowest BCUT2D eigenvalue weighted by Gasteiger charge is -2.09. The maximum Gasteiger partial charge on any atom is 0.340 e. The molecule has 0 spiro atoms. The summed E-state index contributed by atoms with van der Waals surface area (Å²) in [4.78, 5) is 19.5. The van der Waals surface area contributed by atoms with E-state index in [0.29, 0.717) is 35.0 Å². The van der Waals surface area contributed by atoms with E-state index >= 15 is 0 Å². The second-order valence-corrected chi connectivity index (χ2v) is 5.66. The van der Waals surface area contributed by atoms with E-state index in [1.54, 1.807) is 25.3 Å². The van der Waals surface area contributed by atoms with Crippen LogP contribution in [0.25, 0.3) is 23.2 Å². The Balaban J connectivity index is 1.87. The zero-order valence-electron chi connectivity index (χ0n) is 15.2. The van der Waals surface area contributed by atoms with Crippen molar-refractivity contribution < 1.29 is 19.0 Å². The Hall–Kier alpha value is -3.54. The molecule has 0 fully saturated rings. The average Bonchev–Trinajstić information content (AvgIpc) is 3.13. The molecular weight excluding hydrogens is 344 g/mol. The largest absolute Gasteiger partial charge is 0.493 e. The van der Waals surface area contributed by atoms with Gasteiger partial charge in [0.25, 0.3) is 0 Å². The number of nitrogens with one attached hydrogen (secondary N) is 1. The number of imidazole rings is 1. The summed E-state index contributed by atoms with van der Waals surface area (Å²) in [6, 6.07) is 11.0. The molecule has 1 aromatic heterocycles. The van der Waals surface area contributed by atoms with E-state index in [-0.39, 0.29) is 0 Å². The van der Waals surface area contributed by atoms with Gasteiger partial charge in [-0.2, -0.15) is 0 Å². The molecule has 3 aromatic rings. The van der Waals surface area contributed by atoms with Crippen LogP contribution in [0.5, 0.6) is 11.5 Å². The highest BCUT2D eigenvalue weighted by Crippen LogP contribution is 2.29. The van der Waals surface area contributed by atoms with Crippen LogP contribution in [0.1, 0.15) is 21.7 Å². The normalized spacial score (nSPS) is 10.9. The predicted octanol–water partition coefficient (Wildman–Crippen LogP) is 4.09. The molecule has 1 N–H and O–H groups in total. The highest BCUT2D eigenvalue weighted by Gasteiger charge is 2.13. The van der Waals surface area contributed by atoms with Crippen LogP contribution in [-0.2, 0) is 4.74 Å². The van der Waals surface area contributed by atoms with E-state index in [9.17, 15) is 4.79 Å². The summed E-state index contributed by atoms with van der Waals surface area (Å²) in [6.07, 6.45) is 5.41. The topological polar surface area (TPSA) is 73.4 Å². The molecule has 0 aliphatic carbocycles. The number of fused-ring (bicyclic) bond motifs is 1. The molecule has 0 aliphatic rings. The Morgan fingerprint density at radius 3 is 2.78 bits per heavy atom. The van der Waals surface area contributed by atoms with Crippen molar-refractivity contribution in [3.8, 4) is 11.5 Å². The Labute approximate surface area is 157 Å². The van der Waals surface area contributed by atoms with E-state index < -0.39 is 5.97 Å². The number of esters is 1. The molecule has 6 heteroatoms. The number of hydrogen-bond acceptors (Lipinski definition) is 5. The number of hydrogen-bond donors (Lipinski definition) is 1. The van der Waals surface area contributed by atoms with Crippen molar-refractivity contribution in [1.82, 2.24) is 9.97 Å². The third-order valence-electron chi connectivity index (χ3n) is 3.91. The van der Waals surface area contributed by atoms with E-state index in [4.69, 9.17) is 14.2 Å². The number of nitrogens with zero attached hydrogens (tertiary/aromatic N) is 1. The smallest absolute Gasteiger partial charge is 0.340 e. The van der Waals surface area contributed by atoms with E-state index in [1.807, 2.05) is 36.4 Å². The van der Waals surface area contributed by atoms with Crippen LogP contribution in [0.15, 0.2) is 49.1 Å². The number of aromatic amines is 1. The summed E-state index contributed by atoms with van der Waals surface area (Å²) in [5, 5.41) is 0. The van der Waals surface area contributed by atoms with Crippen LogP contribution < -0.4 is 9.47 Å². The summed E-state index contributed by atoms with van der Waals surface area (Å²) in [5.41, 5.74) is 2.70. The van der Waals surface area contributed by atoms with Gasteiger partial charge in [0.05, 0.1) is 25.3 Å². The number of aromatic nitrogens is 2. The zero-order chi connectivity index (χ0) is 19.2. The van der Waals surface area contributed by atoms with E-state index in [2.05, 4.69) is 16.5 Å². The minimum atomic E-state index is -0.414. The highest BCUT2D eigenvalue weighted by molar-refractivity contribution is 6.02. The van der Waals surface area contributed by atoms with Gasteiger partial charge >= 0.3 is 5.97 Å². The highest BCUT2D eigenvalue weighted by atomic mass is 16.5. The maximum atomic E-state index is 11.9. The van der Waals surface area contributed by atoms with Gasteiger partial charge in [-0.3, -0.25) is 0 Å². The van der Waals surface area contributed by atoms with Gasteiger partial charge in [-0.1, -0.05) is 30.9 Å². The average molecular weight is 364 g/mol. The van der Waals surface area contributed by atoms with E-state index in [0.717, 1.165) is 11.1 Å². The van der Waals surface area contributed by atoms with Crippen molar-refractivity contribution >= 4 is 29.2 Å². The molecule has 0 saturated heterocycles. The molecular formula is C21H20N2O4. The zero-order valence-corrected chi connectivity index (χ0v) is 15.2. The van der Waals surface area contributed by atoms with Gasteiger partial charge in [0.1, 0.15) is 17.9 Å². The number of para-hydroxylation sites is 1. The number of carbonyl (C=O) groups is 1. The summed E-state index contributed by atoms with van der Waals surface area (Å²) in [6.45, 7) is 4.05. The van der Waals surface area contributed by atoms with Crippen LogP contribution in [0, 0.1) is 0 Å². The molecule has 0 aliphatic heterocycles. The minimum Gasteiger partial charge on any atom is -0.493 e. The lowest BCUT2D eigenvalue weighted by molar-refractivity contribution is 0.0603. The summed E-state index contributed by atoms with van der Waals surface area (Å²) in [5.74, 6) is 1.51. The first kappa shape index (κ1) is 18.3. The second-order valence-electron chi connectivity index (χ2n) is 5.66. The second kappa shape index (κ2) is 8.23. The molecule has 1 heterocycles. The number of ether oxygens (including phenoxy) is 3. The molecule has 3 rings (SSSR count). The van der Waals surface area contributed by atoms with Gasteiger partial charge in [-0.05, 0) is 35.9 Å². The van der Waals surface area contributed by atoms with Crippen molar-refractivity contribution in [1.29, 1.82) is 0 Å². The number of benzene rings is 2. The standard InChI is InChI=1S/C21H20N2O4/c1-4-12-27-17-10-8-14(13-18(17)25-2)9-11-19-22-16-7-5-6-15(20(16)23-19)21(24)26-3/h4-11,13H,1,12H2,2-3H3,(H,22,23). The van der Waals surface area contributed by atoms with Gasteiger partial charge in [0, 0.05) is 0 Å². The number of H-pyrrole nitrogens is 1. The van der Waals surface area contributed by atoms with Crippen molar-refractivity contribution in [3.05, 3.63) is 66.0 Å². The van der Waals surface area contributed by atoms with Crippen molar-refractivity contribution in [2.24, 2.45) is 0 Å². The van der Waals surface area contributed by atoms with Gasteiger partial charge in [-0.25, -0.2) is 9.78 Å². The van der Waals surface area contributed by atoms with Crippen molar-refractivity contribution in [2.75, 3.05) is 20.8 Å². The first-order valence-corrected chi connectivity index (χ1v) is 8.33. The summed E-state index contributed by atoms with van der Waals surface area (Å²) in [7, 11) is 2.95. The Bertz CT molecular complexity index is 1000. The van der Waals surface area contributed by atoms with E-state index in [1.165, 1.54) is 7.11 Å². The summed E-state index contributed by atoms with van der Waals surface area (Å²) >= 11 is 0. The predicted molar refractivity (Wildman–Crippen MR) is 105 cm³/mol. The molecule has 0 unspecified atom stereocenters. The molecule has 27 heavy (non-hydrogen) atoms. The molecule has 6 nitrogen and oxygen atoms in total. The van der Waals surface area contributed by atoms with Gasteiger partial charge in [0.2, 0.25) is 0 Å². The monoisotopic (exact) mass is 364 g/mol. The molecule has 0 amide bonds. The SMILES string of the molecule is C=CCOc1ccc(C=Cc2nc3c(C(=O)OC)cccc3[nH]2)cc1OC. The fraction of sp³-hybridized carbons (Fsp3) is 0.143. The third kappa shape index (κ3) is 4.00. The van der Waals surface area contributed by atoms with Crippen LogP contribution in [0.4, 0.5) is 0 Å². The molecule has 0 radical (unpaired) electrons. The fourth-order valence-corrected chi connectivity index (χ4v) is 2.64. The quantitative estimate of drug-likeness (QED) is 0.505. The van der Waals surface area contributed by atoms with Gasteiger partial charge < -0.3 is 19.2 Å². The number of rotatable bonds is 7. The molecule has 0 bridgehead atoms. The lowest BCUT2D eigenvalue weighted by Crippen LogP contribution is -2.01. The van der Waals surface area contributed by atoms with Crippen LogP contribution in [0.2, 0.25) is 0 Å². The Kier molecular flexibility index (Phi) is 5.56. The lowest BCUT2D eigenvalue weighted by atomic mass is 10.2. The van der Waals surface area contributed by atoms with Crippen LogP contribution in [0.3, 0.4) is 0 Å². The Morgan fingerprint density at radius 1 is 1.19 bits per heavy atom. The maximum absolute atomic E-state index is 11.9. The third-order valence-corrected chi connectivity index (χ3v) is 3.91. The molecule has 0 atom stereocenters. The molecule has 0 saturated carbocycles. The number of carbonyl (C=O) groups excluding carboxylic acids is 1. The van der Waals surface area contributed by atoms with Crippen LogP contribution >= 0.6 is 0 Å². The molecule has 138 valence electrons.